The van der Waals surface area contributed by atoms with Crippen molar-refractivity contribution in [3.63, 3.8) is 0 Å². The van der Waals surface area contributed by atoms with E-state index in [9.17, 15) is 14.4 Å². The van der Waals surface area contributed by atoms with E-state index in [2.05, 4.69) is 16.0 Å². The van der Waals surface area contributed by atoms with Crippen molar-refractivity contribution in [2.45, 2.75) is 33.3 Å². The first-order chi connectivity index (χ1) is 14.2. The van der Waals surface area contributed by atoms with E-state index in [0.29, 0.717) is 29.3 Å². The average molecular weight is 413 g/mol. The summed E-state index contributed by atoms with van der Waals surface area (Å²) in [4.78, 5) is 36.3. The molecule has 0 fully saturated rings. The number of ether oxygens (including phenoxy) is 2. The zero-order chi connectivity index (χ0) is 22.1. The molecule has 30 heavy (non-hydrogen) atoms. The maximum Gasteiger partial charge on any atom is 0.412 e. The maximum absolute atomic E-state index is 12.3. The molecule has 0 aliphatic heterocycles. The molecule has 8 nitrogen and oxygen atoms in total. The van der Waals surface area contributed by atoms with Gasteiger partial charge in [0.25, 0.3) is 5.91 Å². The van der Waals surface area contributed by atoms with Gasteiger partial charge < -0.3 is 20.1 Å². The van der Waals surface area contributed by atoms with Gasteiger partial charge in [0, 0.05) is 16.9 Å². The molecule has 3 amide bonds. The quantitative estimate of drug-likeness (QED) is 0.640. The van der Waals surface area contributed by atoms with Crippen molar-refractivity contribution in [1.82, 2.24) is 5.32 Å². The fourth-order valence-corrected chi connectivity index (χ4v) is 2.43. The predicted molar refractivity (Wildman–Crippen MR) is 115 cm³/mol. The largest absolute Gasteiger partial charge is 0.494 e. The van der Waals surface area contributed by atoms with Crippen LogP contribution in [-0.4, -0.2) is 36.7 Å². The normalized spacial score (nSPS) is 10.7. The lowest BCUT2D eigenvalue weighted by Crippen LogP contribution is -2.33. The van der Waals surface area contributed by atoms with Crippen LogP contribution < -0.4 is 20.7 Å². The van der Waals surface area contributed by atoms with Crippen LogP contribution in [0.2, 0.25) is 0 Å². The van der Waals surface area contributed by atoms with Crippen LogP contribution >= 0.6 is 0 Å². The number of hydrogen-bond acceptors (Lipinski definition) is 5. The lowest BCUT2D eigenvalue weighted by atomic mass is 10.2. The molecular formula is C22H27N3O5. The number of hydrogen-bond donors (Lipinski definition) is 3. The SMILES string of the molecule is CCOc1ccc(NC(=O)CNC(=O)c2cccc(NC(=O)OC(C)(C)C)c2)cc1. The lowest BCUT2D eigenvalue weighted by molar-refractivity contribution is -0.115. The minimum Gasteiger partial charge on any atom is -0.494 e. The van der Waals surface area contributed by atoms with Crippen molar-refractivity contribution >= 4 is 29.3 Å². The zero-order valence-electron chi connectivity index (χ0n) is 17.6. The Hall–Kier alpha value is -3.55. The molecule has 0 radical (unpaired) electrons. The third-order valence-corrected chi connectivity index (χ3v) is 3.63. The Morgan fingerprint density at radius 3 is 2.27 bits per heavy atom. The van der Waals surface area contributed by atoms with E-state index in [1.165, 1.54) is 6.07 Å². The summed E-state index contributed by atoms with van der Waals surface area (Å²) in [5, 5.41) is 7.82. The summed E-state index contributed by atoms with van der Waals surface area (Å²) in [5.74, 6) is -0.0936. The third-order valence-electron chi connectivity index (χ3n) is 3.63. The molecule has 0 spiro atoms. The van der Waals surface area contributed by atoms with Gasteiger partial charge >= 0.3 is 6.09 Å². The van der Waals surface area contributed by atoms with Gasteiger partial charge in [-0.25, -0.2) is 4.79 Å². The van der Waals surface area contributed by atoms with Gasteiger partial charge in [-0.1, -0.05) is 6.07 Å². The van der Waals surface area contributed by atoms with E-state index >= 15 is 0 Å². The first-order valence-electron chi connectivity index (χ1n) is 9.57. The maximum atomic E-state index is 12.3. The number of anilines is 2. The highest BCUT2D eigenvalue weighted by Gasteiger charge is 2.16. The number of nitrogens with one attached hydrogen (secondary N) is 3. The Labute approximate surface area is 175 Å². The summed E-state index contributed by atoms with van der Waals surface area (Å²) in [6.07, 6.45) is -0.616. The minimum absolute atomic E-state index is 0.199. The molecule has 0 aromatic heterocycles. The van der Waals surface area contributed by atoms with Crippen LogP contribution in [0.1, 0.15) is 38.1 Å². The Kier molecular flexibility index (Phi) is 7.80. The van der Waals surface area contributed by atoms with Crippen LogP contribution in [0.3, 0.4) is 0 Å². The second-order valence-corrected chi connectivity index (χ2v) is 7.40. The highest BCUT2D eigenvalue weighted by molar-refractivity contribution is 6.00. The first-order valence-corrected chi connectivity index (χ1v) is 9.57. The molecule has 0 saturated carbocycles. The second-order valence-electron chi connectivity index (χ2n) is 7.40. The van der Waals surface area contributed by atoms with Crippen molar-refractivity contribution in [2.24, 2.45) is 0 Å². The fourth-order valence-electron chi connectivity index (χ4n) is 2.43. The van der Waals surface area contributed by atoms with E-state index in [1.807, 2.05) is 6.92 Å². The van der Waals surface area contributed by atoms with Crippen molar-refractivity contribution < 1.29 is 23.9 Å². The topological polar surface area (TPSA) is 106 Å². The standard InChI is InChI=1S/C22H27N3O5/c1-5-29-18-11-9-16(10-12-18)24-19(26)14-23-20(27)15-7-6-8-17(13-15)25-21(28)30-22(2,3)4/h6-13H,5,14H2,1-4H3,(H,23,27)(H,24,26)(H,25,28). The van der Waals surface area contributed by atoms with Crippen LogP contribution in [0.25, 0.3) is 0 Å². The van der Waals surface area contributed by atoms with Crippen LogP contribution in [-0.2, 0) is 9.53 Å². The highest BCUT2D eigenvalue weighted by Crippen LogP contribution is 2.16. The number of carbonyl (C=O) groups excluding carboxylic acids is 3. The number of rotatable bonds is 7. The molecule has 0 unspecified atom stereocenters. The van der Waals surface area contributed by atoms with E-state index in [1.54, 1.807) is 63.2 Å². The molecule has 160 valence electrons. The van der Waals surface area contributed by atoms with Crippen molar-refractivity contribution in [3.8, 4) is 5.75 Å². The molecule has 2 rings (SSSR count). The van der Waals surface area contributed by atoms with Gasteiger partial charge in [0.15, 0.2) is 0 Å². The number of amides is 3. The van der Waals surface area contributed by atoms with Crippen molar-refractivity contribution in [2.75, 3.05) is 23.8 Å². The first kappa shape index (κ1) is 22.7. The molecular weight excluding hydrogens is 386 g/mol. The minimum atomic E-state index is -0.629. The van der Waals surface area contributed by atoms with Crippen LogP contribution in [0.5, 0.6) is 5.75 Å². The average Bonchev–Trinajstić information content (AvgIpc) is 2.66. The van der Waals surface area contributed by atoms with Crippen LogP contribution in [0.4, 0.5) is 16.2 Å². The lowest BCUT2D eigenvalue weighted by Gasteiger charge is -2.19. The van der Waals surface area contributed by atoms with E-state index in [0.717, 1.165) is 0 Å². The molecule has 2 aromatic carbocycles. The molecule has 3 N–H and O–H groups in total. The summed E-state index contributed by atoms with van der Waals surface area (Å²) < 4.78 is 10.5. The van der Waals surface area contributed by atoms with E-state index < -0.39 is 17.6 Å². The Morgan fingerprint density at radius 1 is 0.933 bits per heavy atom. The van der Waals surface area contributed by atoms with Gasteiger partial charge in [-0.2, -0.15) is 0 Å². The summed E-state index contributed by atoms with van der Waals surface area (Å²) in [5.41, 5.74) is 0.685. The second kappa shape index (κ2) is 10.3. The van der Waals surface area contributed by atoms with Gasteiger partial charge in [-0.15, -0.1) is 0 Å². The molecule has 0 bridgehead atoms. The summed E-state index contributed by atoms with van der Waals surface area (Å²) in [6, 6.07) is 13.3. The van der Waals surface area contributed by atoms with Gasteiger partial charge in [0.05, 0.1) is 13.2 Å². The highest BCUT2D eigenvalue weighted by atomic mass is 16.6. The Bertz CT molecular complexity index is 888. The molecule has 8 heteroatoms. The monoisotopic (exact) mass is 413 g/mol. The molecule has 0 saturated heterocycles. The molecule has 0 atom stereocenters. The van der Waals surface area contributed by atoms with Crippen molar-refractivity contribution in [3.05, 3.63) is 54.1 Å². The van der Waals surface area contributed by atoms with E-state index in [4.69, 9.17) is 9.47 Å². The Balaban J connectivity index is 1.86. The summed E-state index contributed by atoms with van der Waals surface area (Å²) in [7, 11) is 0. The van der Waals surface area contributed by atoms with Crippen LogP contribution in [0, 0.1) is 0 Å². The van der Waals surface area contributed by atoms with Gasteiger partial charge in [0.1, 0.15) is 11.4 Å². The fraction of sp³-hybridized carbons (Fsp3) is 0.318. The summed E-state index contributed by atoms with van der Waals surface area (Å²) >= 11 is 0. The van der Waals surface area contributed by atoms with Crippen molar-refractivity contribution in [1.29, 1.82) is 0 Å². The molecule has 0 heterocycles. The van der Waals surface area contributed by atoms with Gasteiger partial charge in [-0.3, -0.25) is 14.9 Å². The van der Waals surface area contributed by atoms with Gasteiger partial charge in [-0.05, 0) is 70.2 Å². The van der Waals surface area contributed by atoms with Gasteiger partial charge in [0.2, 0.25) is 5.91 Å². The smallest absolute Gasteiger partial charge is 0.412 e. The van der Waals surface area contributed by atoms with E-state index in [-0.39, 0.29) is 12.5 Å². The summed E-state index contributed by atoms with van der Waals surface area (Å²) in [6.45, 7) is 7.53. The zero-order valence-corrected chi connectivity index (χ0v) is 17.6. The Morgan fingerprint density at radius 2 is 1.63 bits per heavy atom. The number of benzene rings is 2. The number of carbonyl (C=O) groups is 3. The predicted octanol–water partition coefficient (Wildman–Crippen LogP) is 3.80. The third kappa shape index (κ3) is 7.83. The van der Waals surface area contributed by atoms with Crippen LogP contribution in [0.15, 0.2) is 48.5 Å². The molecule has 2 aromatic rings. The molecule has 0 aliphatic carbocycles. The molecule has 0 aliphatic rings.